The van der Waals surface area contributed by atoms with Gasteiger partial charge < -0.3 is 10.0 Å². The van der Waals surface area contributed by atoms with Crippen LogP contribution >= 0.6 is 0 Å². The van der Waals surface area contributed by atoms with Crippen molar-refractivity contribution in [3.05, 3.63) is 41.7 Å². The molecule has 7 nitrogen and oxygen atoms in total. The summed E-state index contributed by atoms with van der Waals surface area (Å²) in [5, 5.41) is 16.2. The zero-order valence-corrected chi connectivity index (χ0v) is 11.3. The molecule has 1 aliphatic heterocycles. The SMILES string of the molecule is O=C(O)c1cn(CCN2CCC(=O)c3ccccc32)nn1. The van der Waals surface area contributed by atoms with Crippen molar-refractivity contribution >= 4 is 17.4 Å². The van der Waals surface area contributed by atoms with Crippen molar-refractivity contribution in [1.29, 1.82) is 0 Å². The van der Waals surface area contributed by atoms with Gasteiger partial charge in [0.25, 0.3) is 0 Å². The van der Waals surface area contributed by atoms with E-state index in [4.69, 9.17) is 5.11 Å². The normalized spacial score (nSPS) is 14.1. The summed E-state index contributed by atoms with van der Waals surface area (Å²) in [5.41, 5.74) is 1.60. The molecule has 0 atom stereocenters. The molecule has 2 heterocycles. The molecule has 0 unspecified atom stereocenters. The molecule has 0 aliphatic carbocycles. The highest BCUT2D eigenvalue weighted by atomic mass is 16.4. The zero-order chi connectivity index (χ0) is 14.8. The maximum atomic E-state index is 11.9. The molecule has 3 rings (SSSR count). The van der Waals surface area contributed by atoms with Crippen molar-refractivity contribution in [2.75, 3.05) is 18.0 Å². The maximum Gasteiger partial charge on any atom is 0.358 e. The second kappa shape index (κ2) is 5.35. The number of fused-ring (bicyclic) bond motifs is 1. The number of anilines is 1. The number of aromatic carboxylic acids is 1. The smallest absolute Gasteiger partial charge is 0.358 e. The first-order chi connectivity index (χ1) is 10.1. The molecule has 0 radical (unpaired) electrons. The summed E-state index contributed by atoms with van der Waals surface area (Å²) < 4.78 is 1.50. The van der Waals surface area contributed by atoms with E-state index >= 15 is 0 Å². The van der Waals surface area contributed by atoms with E-state index in [0.717, 1.165) is 11.3 Å². The average molecular weight is 286 g/mol. The van der Waals surface area contributed by atoms with Crippen molar-refractivity contribution < 1.29 is 14.7 Å². The van der Waals surface area contributed by atoms with Crippen molar-refractivity contribution in [2.24, 2.45) is 0 Å². The Morgan fingerprint density at radius 1 is 1.29 bits per heavy atom. The van der Waals surface area contributed by atoms with E-state index in [2.05, 4.69) is 15.2 Å². The number of para-hydroxylation sites is 1. The molecule has 7 heteroatoms. The van der Waals surface area contributed by atoms with Gasteiger partial charge in [-0.05, 0) is 12.1 Å². The Bertz CT molecular complexity index is 695. The minimum atomic E-state index is -1.09. The van der Waals surface area contributed by atoms with Gasteiger partial charge in [-0.1, -0.05) is 17.3 Å². The summed E-state index contributed by atoms with van der Waals surface area (Å²) in [6.07, 6.45) is 1.90. The number of benzene rings is 1. The van der Waals surface area contributed by atoms with Gasteiger partial charge in [-0.25, -0.2) is 9.48 Å². The Morgan fingerprint density at radius 2 is 2.10 bits per heavy atom. The number of hydrogen-bond acceptors (Lipinski definition) is 5. The Morgan fingerprint density at radius 3 is 2.86 bits per heavy atom. The summed E-state index contributed by atoms with van der Waals surface area (Å²) in [6.45, 7) is 1.83. The topological polar surface area (TPSA) is 88.3 Å². The number of nitrogens with zero attached hydrogens (tertiary/aromatic N) is 4. The molecule has 108 valence electrons. The van der Waals surface area contributed by atoms with Crippen LogP contribution in [0.15, 0.2) is 30.5 Å². The first-order valence-electron chi connectivity index (χ1n) is 6.66. The van der Waals surface area contributed by atoms with Crippen LogP contribution in [-0.4, -0.2) is 44.9 Å². The Balaban J connectivity index is 1.72. The number of carbonyl (C=O) groups is 2. The van der Waals surface area contributed by atoms with Crippen LogP contribution in [0.4, 0.5) is 5.69 Å². The first kappa shape index (κ1) is 13.3. The number of hydrogen-bond donors (Lipinski definition) is 1. The lowest BCUT2D eigenvalue weighted by atomic mass is 10.0. The highest BCUT2D eigenvalue weighted by molar-refractivity contribution is 6.03. The van der Waals surface area contributed by atoms with Crippen LogP contribution in [0, 0.1) is 0 Å². The number of rotatable bonds is 4. The van der Waals surface area contributed by atoms with Gasteiger partial charge >= 0.3 is 5.97 Å². The molecule has 0 saturated heterocycles. The second-order valence-corrected chi connectivity index (χ2v) is 4.85. The number of carboxylic acid groups (broad SMARTS) is 1. The number of Topliss-reactive ketones (excluding diaryl/α,β-unsaturated/α-hetero) is 1. The molecule has 21 heavy (non-hydrogen) atoms. The van der Waals surface area contributed by atoms with Crippen molar-refractivity contribution in [2.45, 2.75) is 13.0 Å². The van der Waals surface area contributed by atoms with Crippen LogP contribution in [0.1, 0.15) is 27.3 Å². The van der Waals surface area contributed by atoms with Gasteiger partial charge in [-0.2, -0.15) is 0 Å². The van der Waals surface area contributed by atoms with Crippen LogP contribution in [0.5, 0.6) is 0 Å². The molecule has 1 N–H and O–H groups in total. The van der Waals surface area contributed by atoms with E-state index in [0.29, 0.717) is 26.1 Å². The Kier molecular flexibility index (Phi) is 3.39. The second-order valence-electron chi connectivity index (χ2n) is 4.85. The van der Waals surface area contributed by atoms with E-state index in [1.54, 1.807) is 0 Å². The van der Waals surface area contributed by atoms with E-state index in [9.17, 15) is 9.59 Å². The zero-order valence-electron chi connectivity index (χ0n) is 11.3. The third-order valence-electron chi connectivity index (χ3n) is 3.51. The predicted molar refractivity (Wildman–Crippen MR) is 74.6 cm³/mol. The molecule has 2 aromatic rings. The first-order valence-corrected chi connectivity index (χ1v) is 6.66. The van der Waals surface area contributed by atoms with Crippen molar-refractivity contribution in [1.82, 2.24) is 15.0 Å². The summed E-state index contributed by atoms with van der Waals surface area (Å²) in [4.78, 5) is 24.7. The molecule has 0 amide bonds. The number of carbonyl (C=O) groups excluding carboxylic acids is 1. The van der Waals surface area contributed by atoms with E-state index in [1.165, 1.54) is 10.9 Å². The molecular formula is C14H14N4O3. The average Bonchev–Trinajstić information content (AvgIpc) is 2.96. The lowest BCUT2D eigenvalue weighted by Gasteiger charge is -2.30. The number of aromatic nitrogens is 3. The predicted octanol–water partition coefficient (Wildman–Crippen LogP) is 1.07. The fourth-order valence-electron chi connectivity index (χ4n) is 2.44. The van der Waals surface area contributed by atoms with E-state index in [1.807, 2.05) is 24.3 Å². The molecule has 1 aromatic carbocycles. The van der Waals surface area contributed by atoms with Crippen LogP contribution in [-0.2, 0) is 6.54 Å². The lowest BCUT2D eigenvalue weighted by molar-refractivity contribution is 0.0690. The van der Waals surface area contributed by atoms with Gasteiger partial charge in [-0.15, -0.1) is 5.10 Å². The van der Waals surface area contributed by atoms with Gasteiger partial charge in [0.05, 0.1) is 12.7 Å². The van der Waals surface area contributed by atoms with Gasteiger partial charge in [0.1, 0.15) is 0 Å². The lowest BCUT2D eigenvalue weighted by Crippen LogP contribution is -2.34. The number of carboxylic acids is 1. The van der Waals surface area contributed by atoms with E-state index < -0.39 is 5.97 Å². The third-order valence-corrected chi connectivity index (χ3v) is 3.51. The minimum absolute atomic E-state index is 0.0655. The quantitative estimate of drug-likeness (QED) is 0.904. The van der Waals surface area contributed by atoms with Crippen LogP contribution in [0.2, 0.25) is 0 Å². The summed E-state index contributed by atoms with van der Waals surface area (Å²) in [7, 11) is 0. The molecular weight excluding hydrogens is 272 g/mol. The van der Waals surface area contributed by atoms with Gasteiger partial charge in [0.2, 0.25) is 0 Å². The number of ketones is 1. The van der Waals surface area contributed by atoms with Gasteiger partial charge in [0, 0.05) is 30.8 Å². The Labute approximate surface area is 120 Å². The fraction of sp³-hybridized carbons (Fsp3) is 0.286. The summed E-state index contributed by atoms with van der Waals surface area (Å²) >= 11 is 0. The molecule has 1 aliphatic rings. The monoisotopic (exact) mass is 286 g/mol. The molecule has 1 aromatic heterocycles. The third kappa shape index (κ3) is 2.62. The fourth-order valence-corrected chi connectivity index (χ4v) is 2.44. The van der Waals surface area contributed by atoms with Crippen molar-refractivity contribution in [3.63, 3.8) is 0 Å². The Hall–Kier alpha value is -2.70. The highest BCUT2D eigenvalue weighted by Crippen LogP contribution is 2.26. The summed E-state index contributed by atoms with van der Waals surface area (Å²) in [5.74, 6) is -0.925. The largest absolute Gasteiger partial charge is 0.476 e. The van der Waals surface area contributed by atoms with Gasteiger partial charge in [0.15, 0.2) is 11.5 Å². The molecule has 0 bridgehead atoms. The molecule has 0 fully saturated rings. The van der Waals surface area contributed by atoms with Crippen molar-refractivity contribution in [3.8, 4) is 0 Å². The van der Waals surface area contributed by atoms with Crippen LogP contribution in [0.25, 0.3) is 0 Å². The standard InChI is InChI=1S/C14H14N4O3/c19-13-5-6-17(12-4-2-1-3-10(12)13)7-8-18-9-11(14(20)21)15-16-18/h1-4,9H,5-8H2,(H,20,21). The summed E-state index contributed by atoms with van der Waals surface area (Å²) in [6, 6.07) is 7.53. The maximum absolute atomic E-state index is 11.9. The van der Waals surface area contributed by atoms with Gasteiger partial charge in [-0.3, -0.25) is 4.79 Å². The van der Waals surface area contributed by atoms with Crippen LogP contribution in [0.3, 0.4) is 0 Å². The highest BCUT2D eigenvalue weighted by Gasteiger charge is 2.22. The minimum Gasteiger partial charge on any atom is -0.476 e. The van der Waals surface area contributed by atoms with E-state index in [-0.39, 0.29) is 11.5 Å². The molecule has 0 spiro atoms. The molecule has 0 saturated carbocycles. The van der Waals surface area contributed by atoms with Crippen LogP contribution < -0.4 is 4.90 Å².